The van der Waals surface area contributed by atoms with Gasteiger partial charge < -0.3 is 0 Å². The monoisotopic (exact) mass is 145 g/mol. The number of hydrogen-bond acceptors (Lipinski definition) is 1. The van der Waals surface area contributed by atoms with E-state index in [0.717, 1.165) is 13.3 Å². The van der Waals surface area contributed by atoms with Gasteiger partial charge in [-0.25, -0.2) is 8.78 Å². The molecule has 1 aliphatic rings. The molecule has 1 nitrogen and oxygen atoms in total. The van der Waals surface area contributed by atoms with E-state index in [9.17, 15) is 8.78 Å². The summed E-state index contributed by atoms with van der Waals surface area (Å²) in [5, 5.41) is 8.44. The second-order valence-corrected chi connectivity index (χ2v) is 2.94. The Bertz CT molecular complexity index is 171. The van der Waals surface area contributed by atoms with E-state index >= 15 is 0 Å². The summed E-state index contributed by atoms with van der Waals surface area (Å²) in [6.45, 7) is 0.829. The van der Waals surface area contributed by atoms with Gasteiger partial charge in [-0.1, -0.05) is 0 Å². The number of nitrogens with zero attached hydrogens (tertiary/aromatic N) is 1. The van der Waals surface area contributed by atoms with E-state index in [1.165, 1.54) is 0 Å². The molecule has 10 heavy (non-hydrogen) atoms. The van der Waals surface area contributed by atoms with Crippen LogP contribution in [0.3, 0.4) is 0 Å². The standard InChI is InChI=1S/C7H9F2N/c1-6(8,9)7(5-10)3-2-4-7/h2-4H2,1H3. The van der Waals surface area contributed by atoms with Gasteiger partial charge in [-0.2, -0.15) is 5.26 Å². The predicted molar refractivity (Wildman–Crippen MR) is 32.5 cm³/mol. The van der Waals surface area contributed by atoms with E-state index in [0.29, 0.717) is 12.8 Å². The lowest BCUT2D eigenvalue weighted by Gasteiger charge is -2.39. The molecule has 0 atom stereocenters. The van der Waals surface area contributed by atoms with Gasteiger partial charge in [0.2, 0.25) is 0 Å². The van der Waals surface area contributed by atoms with E-state index in [1.807, 2.05) is 0 Å². The van der Waals surface area contributed by atoms with Gasteiger partial charge in [0, 0.05) is 6.92 Å². The van der Waals surface area contributed by atoms with E-state index in [1.54, 1.807) is 6.07 Å². The van der Waals surface area contributed by atoms with Crippen molar-refractivity contribution in [2.75, 3.05) is 0 Å². The van der Waals surface area contributed by atoms with Crippen LogP contribution in [0.4, 0.5) is 8.78 Å². The van der Waals surface area contributed by atoms with Crippen molar-refractivity contribution in [3.63, 3.8) is 0 Å². The van der Waals surface area contributed by atoms with Gasteiger partial charge in [-0.3, -0.25) is 0 Å². The predicted octanol–water partition coefficient (Wildman–Crippen LogP) is 2.34. The molecule has 1 rings (SSSR count). The molecule has 0 bridgehead atoms. The van der Waals surface area contributed by atoms with Crippen molar-refractivity contribution in [3.05, 3.63) is 0 Å². The van der Waals surface area contributed by atoms with Crippen molar-refractivity contribution in [1.82, 2.24) is 0 Å². The zero-order chi connectivity index (χ0) is 7.83. The maximum atomic E-state index is 12.6. The molecule has 0 radical (unpaired) electrons. The topological polar surface area (TPSA) is 23.8 Å². The summed E-state index contributed by atoms with van der Waals surface area (Å²) in [6, 6.07) is 1.70. The number of nitriles is 1. The van der Waals surface area contributed by atoms with E-state index < -0.39 is 11.3 Å². The Morgan fingerprint density at radius 3 is 2.00 bits per heavy atom. The number of rotatable bonds is 1. The maximum Gasteiger partial charge on any atom is 0.263 e. The molecule has 0 unspecified atom stereocenters. The first-order valence-electron chi connectivity index (χ1n) is 3.31. The molecule has 0 aromatic carbocycles. The van der Waals surface area contributed by atoms with Gasteiger partial charge in [-0.15, -0.1) is 0 Å². The quantitative estimate of drug-likeness (QED) is 0.555. The van der Waals surface area contributed by atoms with Gasteiger partial charge in [-0.05, 0) is 19.3 Å². The molecule has 3 heteroatoms. The fraction of sp³-hybridized carbons (Fsp3) is 0.857. The molecule has 1 aliphatic carbocycles. The third-order valence-electron chi connectivity index (χ3n) is 2.26. The van der Waals surface area contributed by atoms with Crippen LogP contribution < -0.4 is 0 Å². The number of hydrogen-bond donors (Lipinski definition) is 0. The third-order valence-corrected chi connectivity index (χ3v) is 2.26. The van der Waals surface area contributed by atoms with Crippen molar-refractivity contribution in [2.24, 2.45) is 5.41 Å². The lowest BCUT2D eigenvalue weighted by atomic mass is 9.66. The first-order chi connectivity index (χ1) is 4.52. The number of halogens is 2. The molecular formula is C7H9F2N. The first-order valence-corrected chi connectivity index (χ1v) is 3.31. The minimum Gasteiger partial charge on any atom is -0.205 e. The van der Waals surface area contributed by atoms with Crippen molar-refractivity contribution < 1.29 is 8.78 Å². The second-order valence-electron chi connectivity index (χ2n) is 2.94. The molecule has 0 spiro atoms. The van der Waals surface area contributed by atoms with Crippen LogP contribution in [-0.4, -0.2) is 5.92 Å². The van der Waals surface area contributed by atoms with Gasteiger partial charge in [0.25, 0.3) is 5.92 Å². The van der Waals surface area contributed by atoms with E-state index in [-0.39, 0.29) is 0 Å². The smallest absolute Gasteiger partial charge is 0.205 e. The Labute approximate surface area is 58.6 Å². The summed E-state index contributed by atoms with van der Waals surface area (Å²) in [5.41, 5.74) is -1.33. The Balaban J connectivity index is 2.77. The molecule has 0 saturated heterocycles. The van der Waals surface area contributed by atoms with Crippen LogP contribution in [0.25, 0.3) is 0 Å². The highest BCUT2D eigenvalue weighted by Crippen LogP contribution is 2.51. The van der Waals surface area contributed by atoms with Gasteiger partial charge in [0.1, 0.15) is 5.41 Å². The lowest BCUT2D eigenvalue weighted by Crippen LogP contribution is -2.43. The minimum absolute atomic E-state index is 0.354. The van der Waals surface area contributed by atoms with Gasteiger partial charge in [0.05, 0.1) is 6.07 Å². The SMILES string of the molecule is CC(F)(F)C1(C#N)CCC1. The largest absolute Gasteiger partial charge is 0.263 e. The van der Waals surface area contributed by atoms with Crippen molar-refractivity contribution >= 4 is 0 Å². The molecule has 0 N–H and O–H groups in total. The molecule has 0 aromatic heterocycles. The van der Waals surface area contributed by atoms with Crippen LogP contribution in [-0.2, 0) is 0 Å². The molecule has 0 aromatic rings. The van der Waals surface area contributed by atoms with Crippen LogP contribution in [0.1, 0.15) is 26.2 Å². The first kappa shape index (κ1) is 7.46. The normalized spacial score (nSPS) is 23.0. The highest BCUT2D eigenvalue weighted by molar-refractivity contribution is 5.10. The van der Waals surface area contributed by atoms with Crippen molar-refractivity contribution in [2.45, 2.75) is 32.1 Å². The van der Waals surface area contributed by atoms with Crippen LogP contribution >= 0.6 is 0 Å². The van der Waals surface area contributed by atoms with Crippen LogP contribution in [0.5, 0.6) is 0 Å². The lowest BCUT2D eigenvalue weighted by molar-refractivity contribution is -0.113. The summed E-state index contributed by atoms with van der Waals surface area (Å²) in [4.78, 5) is 0. The van der Waals surface area contributed by atoms with Gasteiger partial charge in [0.15, 0.2) is 0 Å². The van der Waals surface area contributed by atoms with Gasteiger partial charge >= 0.3 is 0 Å². The molecular weight excluding hydrogens is 136 g/mol. The Morgan fingerprint density at radius 1 is 1.50 bits per heavy atom. The fourth-order valence-corrected chi connectivity index (χ4v) is 1.18. The Hall–Kier alpha value is -0.650. The van der Waals surface area contributed by atoms with Crippen LogP contribution in [0.15, 0.2) is 0 Å². The zero-order valence-electron chi connectivity index (χ0n) is 5.82. The Kier molecular flexibility index (Phi) is 1.43. The highest BCUT2D eigenvalue weighted by Gasteiger charge is 2.54. The molecule has 0 amide bonds. The minimum atomic E-state index is -2.82. The average molecular weight is 145 g/mol. The third kappa shape index (κ3) is 0.792. The van der Waals surface area contributed by atoms with Crippen LogP contribution in [0, 0.1) is 16.7 Å². The number of alkyl halides is 2. The van der Waals surface area contributed by atoms with Crippen molar-refractivity contribution in [1.29, 1.82) is 5.26 Å². The summed E-state index contributed by atoms with van der Waals surface area (Å²) in [6.07, 6.45) is 1.47. The average Bonchev–Trinajstić information content (AvgIpc) is 1.58. The molecule has 56 valence electrons. The van der Waals surface area contributed by atoms with Crippen molar-refractivity contribution in [3.8, 4) is 6.07 Å². The summed E-state index contributed by atoms with van der Waals surface area (Å²) in [7, 11) is 0. The van der Waals surface area contributed by atoms with Crippen LogP contribution in [0.2, 0.25) is 0 Å². The zero-order valence-corrected chi connectivity index (χ0v) is 5.82. The van der Waals surface area contributed by atoms with E-state index in [4.69, 9.17) is 5.26 Å². The fourth-order valence-electron chi connectivity index (χ4n) is 1.18. The molecule has 0 aliphatic heterocycles. The summed E-state index contributed by atoms with van der Waals surface area (Å²) in [5.74, 6) is -2.82. The molecule has 1 saturated carbocycles. The second kappa shape index (κ2) is 1.91. The van der Waals surface area contributed by atoms with E-state index in [2.05, 4.69) is 0 Å². The molecule has 0 heterocycles. The summed E-state index contributed by atoms with van der Waals surface area (Å²) < 4.78 is 25.2. The molecule has 1 fully saturated rings. The summed E-state index contributed by atoms with van der Waals surface area (Å²) >= 11 is 0. The highest BCUT2D eigenvalue weighted by atomic mass is 19.3. The Morgan fingerprint density at radius 2 is 2.00 bits per heavy atom. The maximum absolute atomic E-state index is 12.6.